The summed E-state index contributed by atoms with van der Waals surface area (Å²) in [4.78, 5) is 0. The Labute approximate surface area is 70.1 Å². The van der Waals surface area contributed by atoms with E-state index < -0.39 is 0 Å². The van der Waals surface area contributed by atoms with E-state index in [2.05, 4.69) is 13.8 Å². The molecule has 1 rings (SSSR count). The maximum absolute atomic E-state index is 5.47. The van der Waals surface area contributed by atoms with Crippen molar-refractivity contribution in [2.75, 3.05) is 7.11 Å². The van der Waals surface area contributed by atoms with Gasteiger partial charge >= 0.3 is 0 Å². The summed E-state index contributed by atoms with van der Waals surface area (Å²) in [6.45, 7) is 4.54. The number of rotatable bonds is 4. The van der Waals surface area contributed by atoms with E-state index in [1.54, 1.807) is 0 Å². The summed E-state index contributed by atoms with van der Waals surface area (Å²) in [5.41, 5.74) is 0. The van der Waals surface area contributed by atoms with Crippen molar-refractivity contribution < 1.29 is 4.74 Å². The van der Waals surface area contributed by atoms with Crippen LogP contribution in [0.2, 0.25) is 0 Å². The Kier molecular flexibility index (Phi) is 3.38. The predicted molar refractivity (Wildman–Crippen MR) is 47.6 cm³/mol. The van der Waals surface area contributed by atoms with Crippen LogP contribution in [0.1, 0.15) is 39.5 Å². The molecule has 0 N–H and O–H groups in total. The third kappa shape index (κ3) is 2.48. The van der Waals surface area contributed by atoms with Gasteiger partial charge in [0.15, 0.2) is 0 Å². The Bertz CT molecular complexity index is 105. The van der Waals surface area contributed by atoms with Crippen LogP contribution in [0.3, 0.4) is 0 Å². The van der Waals surface area contributed by atoms with Gasteiger partial charge in [-0.25, -0.2) is 0 Å². The molecule has 0 saturated heterocycles. The van der Waals surface area contributed by atoms with Crippen molar-refractivity contribution in [1.29, 1.82) is 0 Å². The van der Waals surface area contributed by atoms with E-state index in [4.69, 9.17) is 4.74 Å². The molecule has 11 heavy (non-hydrogen) atoms. The van der Waals surface area contributed by atoms with E-state index in [1.807, 2.05) is 7.11 Å². The number of hydrogen-bond acceptors (Lipinski definition) is 1. The summed E-state index contributed by atoms with van der Waals surface area (Å²) in [6.07, 6.45) is 5.99. The van der Waals surface area contributed by atoms with E-state index in [1.165, 1.54) is 25.7 Å². The summed E-state index contributed by atoms with van der Waals surface area (Å²) in [7, 11) is 1.85. The molecule has 1 aliphatic carbocycles. The second kappa shape index (κ2) is 4.10. The monoisotopic (exact) mass is 156 g/mol. The minimum Gasteiger partial charge on any atom is -0.381 e. The normalized spacial score (nSPS) is 21.8. The molecule has 0 radical (unpaired) electrons. The lowest BCUT2D eigenvalue weighted by Gasteiger charge is -2.33. The van der Waals surface area contributed by atoms with Gasteiger partial charge in [-0.2, -0.15) is 0 Å². The highest BCUT2D eigenvalue weighted by molar-refractivity contribution is 4.78. The van der Waals surface area contributed by atoms with E-state index in [-0.39, 0.29) is 0 Å². The van der Waals surface area contributed by atoms with Gasteiger partial charge in [-0.15, -0.1) is 0 Å². The lowest BCUT2D eigenvalue weighted by molar-refractivity contribution is 0.00573. The molecule has 1 aliphatic rings. The molecule has 0 heterocycles. The molecule has 1 fully saturated rings. The van der Waals surface area contributed by atoms with Crippen molar-refractivity contribution in [3.63, 3.8) is 0 Å². The molecule has 0 aliphatic heterocycles. The zero-order valence-corrected chi connectivity index (χ0v) is 7.97. The fourth-order valence-electron chi connectivity index (χ4n) is 1.76. The van der Waals surface area contributed by atoms with Gasteiger partial charge in [0, 0.05) is 7.11 Å². The standard InChI is InChI=1S/C10H20O/c1-8(2)7-10(11-3)9-5-4-6-9/h8-10H,4-7H2,1-3H3. The van der Waals surface area contributed by atoms with Crippen LogP contribution in [0, 0.1) is 11.8 Å². The number of ether oxygens (including phenoxy) is 1. The van der Waals surface area contributed by atoms with Gasteiger partial charge in [0.2, 0.25) is 0 Å². The van der Waals surface area contributed by atoms with Gasteiger partial charge in [0.05, 0.1) is 6.10 Å². The molecule has 66 valence electrons. The highest BCUT2D eigenvalue weighted by Crippen LogP contribution is 2.33. The Hall–Kier alpha value is -0.0400. The smallest absolute Gasteiger partial charge is 0.0601 e. The molecule has 1 heteroatoms. The zero-order valence-electron chi connectivity index (χ0n) is 7.97. The fraction of sp³-hybridized carbons (Fsp3) is 1.00. The van der Waals surface area contributed by atoms with Crippen LogP contribution < -0.4 is 0 Å². The lowest BCUT2D eigenvalue weighted by atomic mass is 9.78. The molecular weight excluding hydrogens is 136 g/mol. The summed E-state index contributed by atoms with van der Waals surface area (Å²) >= 11 is 0. The van der Waals surface area contributed by atoms with Crippen LogP contribution in [0.15, 0.2) is 0 Å². The van der Waals surface area contributed by atoms with Crippen LogP contribution in [0.5, 0.6) is 0 Å². The summed E-state index contributed by atoms with van der Waals surface area (Å²) in [5, 5.41) is 0. The molecule has 0 aromatic carbocycles. The van der Waals surface area contributed by atoms with Crippen LogP contribution >= 0.6 is 0 Å². The molecule has 1 atom stereocenters. The molecule has 1 unspecified atom stereocenters. The Morgan fingerprint density at radius 2 is 2.00 bits per heavy atom. The lowest BCUT2D eigenvalue weighted by Crippen LogP contribution is -2.29. The van der Waals surface area contributed by atoms with Crippen LogP contribution in [-0.4, -0.2) is 13.2 Å². The Morgan fingerprint density at radius 1 is 1.36 bits per heavy atom. The van der Waals surface area contributed by atoms with E-state index in [0.29, 0.717) is 6.10 Å². The second-order valence-electron chi connectivity index (χ2n) is 4.09. The highest BCUT2D eigenvalue weighted by atomic mass is 16.5. The van der Waals surface area contributed by atoms with E-state index in [9.17, 15) is 0 Å². The molecule has 0 spiro atoms. The molecule has 0 aromatic rings. The van der Waals surface area contributed by atoms with Gasteiger partial charge in [-0.05, 0) is 31.1 Å². The first-order valence-electron chi connectivity index (χ1n) is 4.76. The van der Waals surface area contributed by atoms with Crippen molar-refractivity contribution in [3.8, 4) is 0 Å². The van der Waals surface area contributed by atoms with Crippen molar-refractivity contribution >= 4 is 0 Å². The third-order valence-corrected chi connectivity index (χ3v) is 2.68. The van der Waals surface area contributed by atoms with E-state index >= 15 is 0 Å². The molecule has 0 amide bonds. The number of methoxy groups -OCH3 is 1. The fourth-order valence-corrected chi connectivity index (χ4v) is 1.76. The summed E-state index contributed by atoms with van der Waals surface area (Å²) < 4.78 is 5.47. The zero-order chi connectivity index (χ0) is 8.27. The van der Waals surface area contributed by atoms with Crippen molar-refractivity contribution in [3.05, 3.63) is 0 Å². The Morgan fingerprint density at radius 3 is 2.27 bits per heavy atom. The SMILES string of the molecule is COC(CC(C)C)C1CCC1. The van der Waals surface area contributed by atoms with Crippen LogP contribution in [-0.2, 0) is 4.74 Å². The van der Waals surface area contributed by atoms with Gasteiger partial charge in [-0.1, -0.05) is 20.3 Å². The van der Waals surface area contributed by atoms with Gasteiger partial charge in [0.25, 0.3) is 0 Å². The molecule has 1 saturated carbocycles. The average Bonchev–Trinajstić information content (AvgIpc) is 1.81. The maximum atomic E-state index is 5.47. The quantitative estimate of drug-likeness (QED) is 0.608. The van der Waals surface area contributed by atoms with Crippen molar-refractivity contribution in [1.82, 2.24) is 0 Å². The van der Waals surface area contributed by atoms with Crippen molar-refractivity contribution in [2.24, 2.45) is 11.8 Å². The largest absolute Gasteiger partial charge is 0.381 e. The minimum absolute atomic E-state index is 0.545. The van der Waals surface area contributed by atoms with E-state index in [0.717, 1.165) is 11.8 Å². The van der Waals surface area contributed by atoms with Crippen LogP contribution in [0.25, 0.3) is 0 Å². The molecule has 0 aromatic heterocycles. The highest BCUT2D eigenvalue weighted by Gasteiger charge is 2.27. The van der Waals surface area contributed by atoms with Crippen LogP contribution in [0.4, 0.5) is 0 Å². The first-order chi connectivity index (χ1) is 5.24. The first kappa shape index (κ1) is 9.05. The van der Waals surface area contributed by atoms with Gasteiger partial charge < -0.3 is 4.74 Å². The topological polar surface area (TPSA) is 9.23 Å². The molecule has 0 bridgehead atoms. The van der Waals surface area contributed by atoms with Crippen molar-refractivity contribution in [2.45, 2.75) is 45.6 Å². The molecular formula is C10H20O. The van der Waals surface area contributed by atoms with Gasteiger partial charge in [0.1, 0.15) is 0 Å². The maximum Gasteiger partial charge on any atom is 0.0601 e. The second-order valence-corrected chi connectivity index (χ2v) is 4.09. The predicted octanol–water partition coefficient (Wildman–Crippen LogP) is 2.85. The Balaban J connectivity index is 2.23. The third-order valence-electron chi connectivity index (χ3n) is 2.68. The van der Waals surface area contributed by atoms with Gasteiger partial charge in [-0.3, -0.25) is 0 Å². The summed E-state index contributed by atoms with van der Waals surface area (Å²) in [6, 6.07) is 0. The molecule has 1 nitrogen and oxygen atoms in total. The number of hydrogen-bond donors (Lipinski definition) is 0. The average molecular weight is 156 g/mol. The minimum atomic E-state index is 0.545. The first-order valence-corrected chi connectivity index (χ1v) is 4.76. The summed E-state index contributed by atoms with van der Waals surface area (Å²) in [5.74, 6) is 1.66.